The van der Waals surface area contributed by atoms with E-state index in [4.69, 9.17) is 9.47 Å². The summed E-state index contributed by atoms with van der Waals surface area (Å²) in [5.41, 5.74) is 2.13. The van der Waals surface area contributed by atoms with E-state index >= 15 is 0 Å². The van der Waals surface area contributed by atoms with Crippen molar-refractivity contribution in [2.75, 3.05) is 26.2 Å². The largest absolute Gasteiger partial charge is 0.493 e. The Kier molecular flexibility index (Phi) is 5.68. The van der Waals surface area contributed by atoms with Gasteiger partial charge in [0.05, 0.1) is 18.8 Å². The molecule has 1 amide bonds. The molecule has 0 radical (unpaired) electrons. The van der Waals surface area contributed by atoms with Gasteiger partial charge in [-0.3, -0.25) is 9.69 Å². The Labute approximate surface area is 156 Å². The fourth-order valence-electron chi connectivity index (χ4n) is 3.63. The predicted molar refractivity (Wildman–Crippen MR) is 103 cm³/mol. The first-order valence-electron chi connectivity index (χ1n) is 9.45. The molecule has 2 aliphatic rings. The molecule has 3 rings (SSSR count). The molecule has 0 saturated carbocycles. The maximum absolute atomic E-state index is 12.2. The second kappa shape index (κ2) is 7.80. The molecule has 0 spiro atoms. The first kappa shape index (κ1) is 18.9. The Hall–Kier alpha value is -1.85. The van der Waals surface area contributed by atoms with Crippen LogP contribution in [0.2, 0.25) is 0 Å². The van der Waals surface area contributed by atoms with Gasteiger partial charge in [-0.2, -0.15) is 0 Å². The Morgan fingerprint density at radius 3 is 2.77 bits per heavy atom. The van der Waals surface area contributed by atoms with E-state index in [0.717, 1.165) is 37.4 Å². The van der Waals surface area contributed by atoms with Gasteiger partial charge in [-0.15, -0.1) is 0 Å². The highest BCUT2D eigenvalue weighted by Crippen LogP contribution is 2.26. The number of fused-ring (bicyclic) bond motifs is 1. The second-order valence-corrected chi connectivity index (χ2v) is 7.99. The maximum Gasteiger partial charge on any atom is 0.244 e. The zero-order chi connectivity index (χ0) is 18.7. The van der Waals surface area contributed by atoms with Crippen molar-refractivity contribution >= 4 is 12.0 Å². The number of carbonyl (C=O) groups excluding carboxylic acids is 1. The van der Waals surface area contributed by atoms with Gasteiger partial charge in [0.2, 0.25) is 5.91 Å². The normalized spacial score (nSPS) is 23.7. The average Bonchev–Trinajstić information content (AvgIpc) is 3.05. The summed E-state index contributed by atoms with van der Waals surface area (Å²) in [6, 6.07) is 6.05. The second-order valence-electron chi connectivity index (χ2n) is 7.99. The summed E-state index contributed by atoms with van der Waals surface area (Å²) in [5, 5.41) is 3.04. The van der Waals surface area contributed by atoms with Gasteiger partial charge < -0.3 is 14.8 Å². The Morgan fingerprint density at radius 2 is 2.04 bits per heavy atom. The van der Waals surface area contributed by atoms with E-state index < -0.39 is 0 Å². The van der Waals surface area contributed by atoms with Gasteiger partial charge >= 0.3 is 0 Å². The van der Waals surface area contributed by atoms with E-state index in [1.165, 1.54) is 5.56 Å². The number of hydrogen-bond donors (Lipinski definition) is 1. The van der Waals surface area contributed by atoms with Crippen LogP contribution in [0.25, 0.3) is 6.08 Å². The molecule has 2 aliphatic heterocycles. The van der Waals surface area contributed by atoms with Crippen LogP contribution in [0.1, 0.15) is 38.8 Å². The van der Waals surface area contributed by atoms with Crippen molar-refractivity contribution in [1.29, 1.82) is 0 Å². The van der Waals surface area contributed by atoms with E-state index in [1.54, 1.807) is 6.08 Å². The van der Waals surface area contributed by atoms with Crippen LogP contribution in [0, 0.1) is 0 Å². The molecule has 2 atom stereocenters. The van der Waals surface area contributed by atoms with Gasteiger partial charge in [0.25, 0.3) is 0 Å². The average molecular weight is 358 g/mol. The molecule has 2 unspecified atom stereocenters. The minimum atomic E-state index is -0.110. The smallest absolute Gasteiger partial charge is 0.244 e. The molecule has 1 fully saturated rings. The van der Waals surface area contributed by atoms with Gasteiger partial charge in [-0.1, -0.05) is 6.07 Å². The third kappa shape index (κ3) is 4.65. The van der Waals surface area contributed by atoms with E-state index in [0.29, 0.717) is 6.54 Å². The van der Waals surface area contributed by atoms with Crippen molar-refractivity contribution in [3.05, 3.63) is 35.4 Å². The molecule has 1 aromatic rings. The lowest BCUT2D eigenvalue weighted by atomic mass is 10.00. The van der Waals surface area contributed by atoms with E-state index in [2.05, 4.69) is 44.0 Å². The Morgan fingerprint density at radius 1 is 1.31 bits per heavy atom. The summed E-state index contributed by atoms with van der Waals surface area (Å²) in [4.78, 5) is 14.6. The highest BCUT2D eigenvalue weighted by molar-refractivity contribution is 5.91. The fraction of sp³-hybridized carbons (Fsp3) is 0.571. The summed E-state index contributed by atoms with van der Waals surface area (Å²) in [7, 11) is 0. The van der Waals surface area contributed by atoms with Crippen LogP contribution in [-0.2, 0) is 16.0 Å². The van der Waals surface area contributed by atoms with Crippen LogP contribution in [0.15, 0.2) is 24.3 Å². The minimum Gasteiger partial charge on any atom is -0.493 e. The standard InChI is InChI=1S/C21H30N2O3/c1-15-12-23(13-16(2)26-15)21(3,4)14-22-20(24)8-6-17-5-7-19-18(11-17)9-10-25-19/h5-8,11,15-16H,9-10,12-14H2,1-4H3,(H,22,24)/b8-6+. The van der Waals surface area contributed by atoms with Crippen molar-refractivity contribution in [2.24, 2.45) is 0 Å². The van der Waals surface area contributed by atoms with E-state index in [9.17, 15) is 4.79 Å². The van der Waals surface area contributed by atoms with Crippen LogP contribution >= 0.6 is 0 Å². The molecule has 1 aromatic carbocycles. The number of ether oxygens (including phenoxy) is 2. The summed E-state index contributed by atoms with van der Waals surface area (Å²) in [5.74, 6) is 0.895. The number of amides is 1. The van der Waals surface area contributed by atoms with Crippen LogP contribution in [0.4, 0.5) is 0 Å². The number of carbonyl (C=O) groups is 1. The molecule has 142 valence electrons. The highest BCUT2D eigenvalue weighted by atomic mass is 16.5. The Balaban J connectivity index is 1.53. The molecule has 1 saturated heterocycles. The minimum absolute atomic E-state index is 0.0656. The van der Waals surface area contributed by atoms with Gasteiger partial charge in [0.15, 0.2) is 0 Å². The van der Waals surface area contributed by atoms with E-state index in [-0.39, 0.29) is 23.7 Å². The van der Waals surface area contributed by atoms with Gasteiger partial charge in [0.1, 0.15) is 5.75 Å². The quantitative estimate of drug-likeness (QED) is 0.822. The molecule has 0 bridgehead atoms. The third-order valence-corrected chi connectivity index (χ3v) is 5.11. The topological polar surface area (TPSA) is 50.8 Å². The number of benzene rings is 1. The summed E-state index contributed by atoms with van der Waals surface area (Å²) in [6.07, 6.45) is 4.85. The number of nitrogens with one attached hydrogen (secondary N) is 1. The Bertz CT molecular complexity index is 674. The lowest BCUT2D eigenvalue weighted by Gasteiger charge is -2.45. The molecular weight excluding hydrogens is 328 g/mol. The van der Waals surface area contributed by atoms with Gasteiger partial charge in [-0.25, -0.2) is 0 Å². The van der Waals surface area contributed by atoms with Crippen molar-refractivity contribution < 1.29 is 14.3 Å². The molecule has 0 aromatic heterocycles. The third-order valence-electron chi connectivity index (χ3n) is 5.11. The lowest BCUT2D eigenvalue weighted by molar-refractivity contribution is -0.118. The van der Waals surface area contributed by atoms with Gasteiger partial charge in [0, 0.05) is 37.7 Å². The lowest BCUT2D eigenvalue weighted by Crippen LogP contribution is -2.58. The van der Waals surface area contributed by atoms with Crippen molar-refractivity contribution in [2.45, 2.75) is 51.9 Å². The number of nitrogens with zero attached hydrogens (tertiary/aromatic N) is 1. The van der Waals surface area contributed by atoms with Crippen LogP contribution in [0.5, 0.6) is 5.75 Å². The van der Waals surface area contributed by atoms with Gasteiger partial charge in [-0.05, 0) is 57.0 Å². The maximum atomic E-state index is 12.2. The summed E-state index contributed by atoms with van der Waals surface area (Å²) >= 11 is 0. The monoisotopic (exact) mass is 358 g/mol. The molecule has 5 heteroatoms. The molecular formula is C21H30N2O3. The highest BCUT2D eigenvalue weighted by Gasteiger charge is 2.33. The molecule has 0 aliphatic carbocycles. The number of rotatable bonds is 5. The molecule has 5 nitrogen and oxygen atoms in total. The summed E-state index contributed by atoms with van der Waals surface area (Å²) < 4.78 is 11.3. The fourth-order valence-corrected chi connectivity index (χ4v) is 3.63. The number of morpholine rings is 1. The van der Waals surface area contributed by atoms with Crippen molar-refractivity contribution in [3.8, 4) is 5.75 Å². The summed E-state index contributed by atoms with van der Waals surface area (Å²) in [6.45, 7) is 11.7. The molecule has 2 heterocycles. The molecule has 1 N–H and O–H groups in total. The van der Waals surface area contributed by atoms with Crippen LogP contribution < -0.4 is 10.1 Å². The zero-order valence-electron chi connectivity index (χ0n) is 16.2. The van der Waals surface area contributed by atoms with Crippen LogP contribution in [-0.4, -0.2) is 54.8 Å². The number of hydrogen-bond acceptors (Lipinski definition) is 4. The molecule has 26 heavy (non-hydrogen) atoms. The van der Waals surface area contributed by atoms with Crippen molar-refractivity contribution in [1.82, 2.24) is 10.2 Å². The van der Waals surface area contributed by atoms with Crippen LogP contribution in [0.3, 0.4) is 0 Å². The zero-order valence-corrected chi connectivity index (χ0v) is 16.2. The first-order chi connectivity index (χ1) is 12.3. The van der Waals surface area contributed by atoms with E-state index in [1.807, 2.05) is 18.2 Å². The SMILES string of the molecule is CC1CN(C(C)(C)CNC(=O)/C=C/c2ccc3c(c2)CCO3)CC(C)O1. The van der Waals surface area contributed by atoms with Crippen molar-refractivity contribution in [3.63, 3.8) is 0 Å². The predicted octanol–water partition coefficient (Wildman–Crippen LogP) is 2.64. The first-order valence-corrected chi connectivity index (χ1v) is 9.45.